The highest BCUT2D eigenvalue weighted by Crippen LogP contribution is 2.62. The van der Waals surface area contributed by atoms with Gasteiger partial charge in [-0.1, -0.05) is 26.7 Å². The molecule has 2 fully saturated rings. The third kappa shape index (κ3) is 1.20. The third-order valence-electron chi connectivity index (χ3n) is 3.83. The summed E-state index contributed by atoms with van der Waals surface area (Å²) in [6.45, 7) is 5.65. The Hall–Kier alpha value is -0.0400. The van der Waals surface area contributed by atoms with E-state index >= 15 is 0 Å². The van der Waals surface area contributed by atoms with Gasteiger partial charge in [-0.25, -0.2) is 0 Å². The summed E-state index contributed by atoms with van der Waals surface area (Å²) in [4.78, 5) is 0. The Bertz CT molecular complexity index is 158. The van der Waals surface area contributed by atoms with Crippen molar-refractivity contribution in [2.45, 2.75) is 33.1 Å². The molecule has 2 aliphatic carbocycles. The molecule has 2 N–H and O–H groups in total. The van der Waals surface area contributed by atoms with Crippen molar-refractivity contribution in [1.82, 2.24) is 0 Å². The molecule has 64 valence electrons. The van der Waals surface area contributed by atoms with Crippen molar-refractivity contribution in [2.24, 2.45) is 28.9 Å². The largest absolute Gasteiger partial charge is 0.330 e. The molecule has 0 saturated heterocycles. The summed E-state index contributed by atoms with van der Waals surface area (Å²) < 4.78 is 0. The molecule has 2 rings (SSSR count). The van der Waals surface area contributed by atoms with Crippen LogP contribution < -0.4 is 5.73 Å². The maximum absolute atomic E-state index is 5.70. The molecule has 0 heterocycles. The summed E-state index contributed by atoms with van der Waals surface area (Å²) >= 11 is 0. The second-order valence-corrected chi connectivity index (χ2v) is 4.95. The van der Waals surface area contributed by atoms with Crippen LogP contribution in [0.2, 0.25) is 0 Å². The number of hydrogen-bond donors (Lipinski definition) is 1. The Morgan fingerprint density at radius 3 is 2.27 bits per heavy atom. The first-order chi connectivity index (χ1) is 5.16. The maximum atomic E-state index is 5.70. The minimum absolute atomic E-state index is 0.581. The molecule has 11 heavy (non-hydrogen) atoms. The summed E-state index contributed by atoms with van der Waals surface area (Å²) in [6, 6.07) is 0. The molecule has 0 aliphatic heterocycles. The summed E-state index contributed by atoms with van der Waals surface area (Å²) in [5.41, 5.74) is 6.28. The van der Waals surface area contributed by atoms with Crippen molar-refractivity contribution in [3.63, 3.8) is 0 Å². The molecule has 1 nitrogen and oxygen atoms in total. The molecule has 0 spiro atoms. The molecule has 0 unspecified atom stereocenters. The van der Waals surface area contributed by atoms with E-state index in [-0.39, 0.29) is 0 Å². The molecule has 1 heteroatoms. The minimum atomic E-state index is 0.581. The quantitative estimate of drug-likeness (QED) is 0.659. The van der Waals surface area contributed by atoms with E-state index in [1.54, 1.807) is 0 Å². The van der Waals surface area contributed by atoms with Crippen molar-refractivity contribution in [2.75, 3.05) is 6.54 Å². The van der Waals surface area contributed by atoms with Crippen molar-refractivity contribution in [1.29, 1.82) is 0 Å². The van der Waals surface area contributed by atoms with Gasteiger partial charge in [0.2, 0.25) is 0 Å². The van der Waals surface area contributed by atoms with Gasteiger partial charge < -0.3 is 5.73 Å². The molecular weight excluding hydrogens is 134 g/mol. The van der Waals surface area contributed by atoms with E-state index in [2.05, 4.69) is 13.8 Å². The van der Waals surface area contributed by atoms with E-state index in [0.29, 0.717) is 5.41 Å². The predicted octanol–water partition coefficient (Wildman–Crippen LogP) is 2.02. The zero-order valence-electron chi connectivity index (χ0n) is 7.64. The fourth-order valence-electron chi connectivity index (χ4n) is 2.51. The summed E-state index contributed by atoms with van der Waals surface area (Å²) in [7, 11) is 0. The smallest absolute Gasteiger partial charge is 0.00408 e. The van der Waals surface area contributed by atoms with Crippen LogP contribution in [0.25, 0.3) is 0 Å². The Balaban J connectivity index is 1.86. The van der Waals surface area contributed by atoms with Crippen LogP contribution in [0.5, 0.6) is 0 Å². The van der Waals surface area contributed by atoms with Gasteiger partial charge in [0.15, 0.2) is 0 Å². The summed E-state index contributed by atoms with van der Waals surface area (Å²) in [6.07, 6.45) is 4.45. The zero-order valence-corrected chi connectivity index (χ0v) is 7.64. The normalized spacial score (nSPS) is 40.6. The monoisotopic (exact) mass is 153 g/mol. The number of rotatable bonds is 3. The van der Waals surface area contributed by atoms with Crippen molar-refractivity contribution >= 4 is 0 Å². The Morgan fingerprint density at radius 2 is 1.91 bits per heavy atom. The van der Waals surface area contributed by atoms with E-state index in [1.807, 2.05) is 0 Å². The molecule has 0 aromatic carbocycles. The maximum Gasteiger partial charge on any atom is -0.00408 e. The van der Waals surface area contributed by atoms with Crippen molar-refractivity contribution in [3.05, 3.63) is 0 Å². The van der Waals surface area contributed by atoms with Gasteiger partial charge in [-0.05, 0) is 36.1 Å². The van der Waals surface area contributed by atoms with E-state index in [4.69, 9.17) is 5.73 Å². The standard InChI is InChI=1S/C10H19N/c1-10(2)8(9(10)6-11)5-7-3-4-7/h7-9H,3-6,11H2,1-2H3/t8-,9-/m1/s1. The summed E-state index contributed by atoms with van der Waals surface area (Å²) in [5.74, 6) is 2.87. The lowest BCUT2D eigenvalue weighted by atomic mass is 10.1. The van der Waals surface area contributed by atoms with E-state index < -0.39 is 0 Å². The molecule has 0 amide bonds. The fraction of sp³-hybridized carbons (Fsp3) is 1.00. The lowest BCUT2D eigenvalue weighted by Gasteiger charge is -1.99. The van der Waals surface area contributed by atoms with Gasteiger partial charge in [0.05, 0.1) is 0 Å². The van der Waals surface area contributed by atoms with Crippen LogP contribution in [-0.2, 0) is 0 Å². The van der Waals surface area contributed by atoms with Crippen molar-refractivity contribution in [3.8, 4) is 0 Å². The van der Waals surface area contributed by atoms with E-state index in [9.17, 15) is 0 Å². The van der Waals surface area contributed by atoms with Crippen LogP contribution in [0.3, 0.4) is 0 Å². The Kier molecular flexibility index (Phi) is 1.54. The first-order valence-corrected chi connectivity index (χ1v) is 4.86. The van der Waals surface area contributed by atoms with E-state index in [0.717, 1.165) is 24.3 Å². The Morgan fingerprint density at radius 1 is 1.27 bits per heavy atom. The number of hydrogen-bond acceptors (Lipinski definition) is 1. The zero-order chi connectivity index (χ0) is 8.06. The number of nitrogens with two attached hydrogens (primary N) is 1. The van der Waals surface area contributed by atoms with Gasteiger partial charge in [0.25, 0.3) is 0 Å². The molecule has 2 aliphatic rings. The average Bonchev–Trinajstić information content (AvgIpc) is 2.77. The fourth-order valence-corrected chi connectivity index (χ4v) is 2.51. The molecule has 2 atom stereocenters. The molecule has 0 radical (unpaired) electrons. The second kappa shape index (κ2) is 2.22. The van der Waals surface area contributed by atoms with Gasteiger partial charge in [0, 0.05) is 0 Å². The van der Waals surface area contributed by atoms with Crippen LogP contribution in [0, 0.1) is 23.2 Å². The van der Waals surface area contributed by atoms with Crippen LogP contribution in [0.1, 0.15) is 33.1 Å². The van der Waals surface area contributed by atoms with Crippen LogP contribution >= 0.6 is 0 Å². The van der Waals surface area contributed by atoms with Crippen molar-refractivity contribution < 1.29 is 0 Å². The first-order valence-electron chi connectivity index (χ1n) is 4.86. The predicted molar refractivity (Wildman–Crippen MR) is 47.2 cm³/mol. The highest BCUT2D eigenvalue weighted by atomic mass is 14.7. The topological polar surface area (TPSA) is 26.0 Å². The SMILES string of the molecule is CC1(C)[C@H](CN)[C@H]1CC1CC1. The average molecular weight is 153 g/mol. The van der Waals surface area contributed by atoms with Crippen LogP contribution in [-0.4, -0.2) is 6.54 Å². The molecule has 0 aromatic rings. The summed E-state index contributed by atoms with van der Waals surface area (Å²) in [5, 5.41) is 0. The first kappa shape index (κ1) is 7.60. The van der Waals surface area contributed by atoms with Crippen LogP contribution in [0.4, 0.5) is 0 Å². The highest BCUT2D eigenvalue weighted by molar-refractivity contribution is 5.06. The lowest BCUT2D eigenvalue weighted by Crippen LogP contribution is -2.05. The van der Waals surface area contributed by atoms with Gasteiger partial charge >= 0.3 is 0 Å². The van der Waals surface area contributed by atoms with Gasteiger partial charge in [-0.15, -0.1) is 0 Å². The second-order valence-electron chi connectivity index (χ2n) is 4.95. The third-order valence-corrected chi connectivity index (χ3v) is 3.83. The van der Waals surface area contributed by atoms with Crippen LogP contribution in [0.15, 0.2) is 0 Å². The highest BCUT2D eigenvalue weighted by Gasteiger charge is 2.57. The Labute approximate surface area is 69.4 Å². The minimum Gasteiger partial charge on any atom is -0.330 e. The lowest BCUT2D eigenvalue weighted by molar-refractivity contribution is 0.505. The molecular formula is C10H19N. The van der Waals surface area contributed by atoms with E-state index in [1.165, 1.54) is 19.3 Å². The molecule has 0 bridgehead atoms. The van der Waals surface area contributed by atoms with Gasteiger partial charge in [-0.3, -0.25) is 0 Å². The van der Waals surface area contributed by atoms with Gasteiger partial charge in [-0.2, -0.15) is 0 Å². The van der Waals surface area contributed by atoms with Gasteiger partial charge in [0.1, 0.15) is 0 Å². The molecule has 2 saturated carbocycles. The molecule has 0 aromatic heterocycles.